The third kappa shape index (κ3) is 4.10. The van der Waals surface area contributed by atoms with Crippen LogP contribution in [-0.4, -0.2) is 44.6 Å². The molecule has 0 bridgehead atoms. The van der Waals surface area contributed by atoms with Crippen LogP contribution in [0.25, 0.3) is 10.9 Å². The van der Waals surface area contributed by atoms with Crippen LogP contribution in [0.15, 0.2) is 54.9 Å². The number of anilines is 5. The van der Waals surface area contributed by atoms with E-state index in [1.807, 2.05) is 18.2 Å². The van der Waals surface area contributed by atoms with Gasteiger partial charge in [0.2, 0.25) is 11.9 Å². The number of nitrogens with one attached hydrogen (secondary N) is 2. The molecule has 0 spiro atoms. The minimum absolute atomic E-state index is 0.214. The van der Waals surface area contributed by atoms with Gasteiger partial charge in [0.05, 0.1) is 35.2 Å². The molecule has 6 rings (SSSR count). The van der Waals surface area contributed by atoms with E-state index >= 15 is 0 Å². The number of hydrogen-bond donors (Lipinski definition) is 2. The molecule has 4 aromatic rings. The molecule has 1 fully saturated rings. The van der Waals surface area contributed by atoms with Gasteiger partial charge >= 0.3 is 0 Å². The highest BCUT2D eigenvalue weighted by molar-refractivity contribution is 6.09. The van der Waals surface area contributed by atoms with E-state index in [1.165, 1.54) is 4.90 Å². The number of carbonyl (C=O) groups is 1. The van der Waals surface area contributed by atoms with Gasteiger partial charge in [-0.3, -0.25) is 14.8 Å². The average molecular weight is 501 g/mol. The summed E-state index contributed by atoms with van der Waals surface area (Å²) in [5.41, 5.74) is 3.00. The maximum atomic E-state index is 13.6. The Kier molecular flexibility index (Phi) is 5.26. The summed E-state index contributed by atoms with van der Waals surface area (Å²) in [6, 6.07) is 13.8. The second-order valence-corrected chi connectivity index (χ2v) is 9.49. The van der Waals surface area contributed by atoms with Crippen LogP contribution in [0.2, 0.25) is 0 Å². The van der Waals surface area contributed by atoms with E-state index in [0.717, 1.165) is 16.6 Å². The van der Waals surface area contributed by atoms with Crippen LogP contribution >= 0.6 is 0 Å². The van der Waals surface area contributed by atoms with E-state index in [2.05, 4.69) is 26.6 Å². The highest BCUT2D eigenvalue weighted by atomic mass is 19.3. The maximum Gasteiger partial charge on any atom is 0.254 e. The van der Waals surface area contributed by atoms with Gasteiger partial charge in [0.25, 0.3) is 5.91 Å². The summed E-state index contributed by atoms with van der Waals surface area (Å²) < 4.78 is 27.2. The van der Waals surface area contributed by atoms with Crippen LogP contribution in [0.4, 0.5) is 37.6 Å². The number of fused-ring (bicyclic) bond motifs is 2. The monoisotopic (exact) mass is 500 g/mol. The lowest BCUT2D eigenvalue weighted by molar-refractivity contribution is -0.120. The molecule has 1 atom stereocenters. The van der Waals surface area contributed by atoms with Crippen molar-refractivity contribution in [3.63, 3.8) is 0 Å². The zero-order valence-electron chi connectivity index (χ0n) is 19.8. The summed E-state index contributed by atoms with van der Waals surface area (Å²) >= 11 is 0. The Bertz CT molecular complexity index is 1550. The second kappa shape index (κ2) is 8.51. The molecule has 3 heterocycles. The summed E-state index contributed by atoms with van der Waals surface area (Å²) in [4.78, 5) is 26.0. The van der Waals surface area contributed by atoms with Gasteiger partial charge in [-0.25, -0.2) is 13.8 Å². The summed E-state index contributed by atoms with van der Waals surface area (Å²) in [6.45, 7) is 2.02. The third-order valence-corrected chi connectivity index (χ3v) is 6.87. The molecule has 2 aliphatic rings. The first-order chi connectivity index (χ1) is 17.8. The van der Waals surface area contributed by atoms with Gasteiger partial charge in [0.15, 0.2) is 5.82 Å². The molecular weight excluding hydrogens is 478 g/mol. The fourth-order valence-corrected chi connectivity index (χ4v) is 4.99. The van der Waals surface area contributed by atoms with Crippen LogP contribution in [0.1, 0.15) is 25.3 Å². The molecule has 0 saturated heterocycles. The zero-order chi connectivity index (χ0) is 25.7. The number of rotatable bonds is 5. The average Bonchev–Trinajstić information content (AvgIpc) is 3.34. The van der Waals surface area contributed by atoms with Crippen molar-refractivity contribution < 1.29 is 13.6 Å². The number of amides is 1. The van der Waals surface area contributed by atoms with Crippen LogP contribution in [0.3, 0.4) is 0 Å². The maximum absolute atomic E-state index is 13.6. The number of aromatic nitrogens is 4. The number of hydrogen-bond acceptors (Lipinski definition) is 7. The minimum Gasteiger partial charge on any atom is -0.343 e. The first-order valence-corrected chi connectivity index (χ1v) is 11.9. The van der Waals surface area contributed by atoms with Gasteiger partial charge in [-0.1, -0.05) is 6.07 Å². The molecule has 2 N–H and O–H groups in total. The number of nitriles is 1. The minimum atomic E-state index is -2.66. The smallest absolute Gasteiger partial charge is 0.254 e. The van der Waals surface area contributed by atoms with Gasteiger partial charge in [0.1, 0.15) is 11.7 Å². The van der Waals surface area contributed by atoms with E-state index in [-0.39, 0.29) is 31.2 Å². The molecule has 1 aliphatic heterocycles. The topological polar surface area (TPSA) is 114 Å². The Morgan fingerprint density at radius 2 is 2.05 bits per heavy atom. The second-order valence-electron chi connectivity index (χ2n) is 9.49. The standard InChI is InChI=1S/C26H22F2N8O/c1-15-24(37)36(20-4-2-3-16(7-20)11-29)22-13-30-25(32-19-5-6-21-18(8-19)12-31-34-21)33-23(22)35(15)14-17-9-26(27,28)10-17/h2-8,12-13,15,17H,9-10,14H2,1H3,(H,31,34)(H,30,32,33)/t15-/m1/s1. The van der Waals surface area contributed by atoms with Crippen LogP contribution in [-0.2, 0) is 4.79 Å². The van der Waals surface area contributed by atoms with Crippen molar-refractivity contribution in [2.45, 2.75) is 31.7 Å². The zero-order valence-corrected chi connectivity index (χ0v) is 19.8. The van der Waals surface area contributed by atoms with Gasteiger partial charge in [0, 0.05) is 30.5 Å². The molecule has 0 unspecified atom stereocenters. The van der Waals surface area contributed by atoms with Crippen molar-refractivity contribution >= 4 is 45.6 Å². The van der Waals surface area contributed by atoms with E-state index in [1.54, 1.807) is 48.5 Å². The van der Waals surface area contributed by atoms with Crippen LogP contribution in [0, 0.1) is 17.2 Å². The highest BCUT2D eigenvalue weighted by Crippen LogP contribution is 2.46. The van der Waals surface area contributed by atoms with Crippen molar-refractivity contribution in [2.24, 2.45) is 5.92 Å². The molecular formula is C26H22F2N8O. The van der Waals surface area contributed by atoms with Gasteiger partial charge in [-0.15, -0.1) is 0 Å². The Balaban J connectivity index is 1.40. The Morgan fingerprint density at radius 3 is 2.84 bits per heavy atom. The summed E-state index contributed by atoms with van der Waals surface area (Å²) in [5, 5.41) is 20.4. The molecule has 37 heavy (non-hydrogen) atoms. The van der Waals surface area contributed by atoms with E-state index in [4.69, 9.17) is 4.98 Å². The molecule has 2 aromatic heterocycles. The number of alkyl halides is 2. The lowest BCUT2D eigenvalue weighted by Crippen LogP contribution is -2.54. The van der Waals surface area contributed by atoms with Crippen LogP contribution in [0.5, 0.6) is 0 Å². The molecule has 11 heteroatoms. The first-order valence-electron chi connectivity index (χ1n) is 11.9. The number of H-pyrrole nitrogens is 1. The molecule has 1 aliphatic carbocycles. The summed E-state index contributed by atoms with van der Waals surface area (Å²) in [7, 11) is 0. The lowest BCUT2D eigenvalue weighted by Gasteiger charge is -2.44. The molecule has 1 amide bonds. The number of carbonyl (C=O) groups excluding carboxylic acids is 1. The molecule has 9 nitrogen and oxygen atoms in total. The SMILES string of the molecule is C[C@@H]1C(=O)N(c2cccc(C#N)c2)c2cnc(Nc3ccc4[nH]ncc4c3)nc2N1CC1CC(F)(F)C1. The van der Waals surface area contributed by atoms with Gasteiger partial charge in [-0.2, -0.15) is 15.3 Å². The third-order valence-electron chi connectivity index (χ3n) is 6.87. The van der Waals surface area contributed by atoms with E-state index in [0.29, 0.717) is 28.7 Å². The lowest BCUT2D eigenvalue weighted by atomic mass is 9.80. The Morgan fingerprint density at radius 1 is 1.22 bits per heavy atom. The first kappa shape index (κ1) is 22.8. The fraction of sp³-hybridized carbons (Fsp3) is 0.269. The van der Waals surface area contributed by atoms with Crippen molar-refractivity contribution in [3.8, 4) is 6.07 Å². The number of aromatic amines is 1. The quantitative estimate of drug-likeness (QED) is 0.401. The largest absolute Gasteiger partial charge is 0.343 e. The van der Waals surface area contributed by atoms with Crippen molar-refractivity contribution in [1.82, 2.24) is 20.2 Å². The number of nitrogens with zero attached hydrogens (tertiary/aromatic N) is 6. The van der Waals surface area contributed by atoms with Crippen LogP contribution < -0.4 is 15.1 Å². The highest BCUT2D eigenvalue weighted by Gasteiger charge is 2.48. The summed E-state index contributed by atoms with van der Waals surface area (Å²) in [6.07, 6.45) is 2.83. The van der Waals surface area contributed by atoms with Crippen molar-refractivity contribution in [1.29, 1.82) is 5.26 Å². The van der Waals surface area contributed by atoms with Crippen molar-refractivity contribution in [3.05, 3.63) is 60.4 Å². The van der Waals surface area contributed by atoms with Gasteiger partial charge < -0.3 is 10.2 Å². The molecule has 2 aromatic carbocycles. The summed E-state index contributed by atoms with van der Waals surface area (Å²) in [5.74, 6) is -2.39. The normalized spacial score (nSPS) is 18.9. The predicted molar refractivity (Wildman–Crippen MR) is 134 cm³/mol. The Labute approximate surface area is 210 Å². The van der Waals surface area contributed by atoms with E-state index < -0.39 is 12.0 Å². The number of benzene rings is 2. The molecule has 1 saturated carbocycles. The number of halogens is 2. The molecule has 0 radical (unpaired) electrons. The van der Waals surface area contributed by atoms with Crippen molar-refractivity contribution in [2.75, 3.05) is 21.7 Å². The fourth-order valence-electron chi connectivity index (χ4n) is 4.99. The van der Waals surface area contributed by atoms with E-state index in [9.17, 15) is 18.8 Å². The molecule has 186 valence electrons. The Hall–Kier alpha value is -4.59. The van der Waals surface area contributed by atoms with Gasteiger partial charge in [-0.05, 0) is 49.2 Å². The predicted octanol–water partition coefficient (Wildman–Crippen LogP) is 4.89.